The Morgan fingerprint density at radius 1 is 1.15 bits per heavy atom. The third-order valence-corrected chi connectivity index (χ3v) is 7.48. The first-order valence-electron chi connectivity index (χ1n) is 11.3. The first-order chi connectivity index (χ1) is 15.9. The Bertz CT molecular complexity index is 1020. The van der Waals surface area contributed by atoms with Gasteiger partial charge in [-0.3, -0.25) is 20.7 Å². The second-order valence-corrected chi connectivity index (χ2v) is 10.1. The van der Waals surface area contributed by atoms with Gasteiger partial charge in [0.25, 0.3) is 5.91 Å². The lowest BCUT2D eigenvalue weighted by Crippen LogP contribution is -2.56. The highest BCUT2D eigenvalue weighted by atomic mass is 35.5. The second kappa shape index (κ2) is 9.39. The van der Waals surface area contributed by atoms with Gasteiger partial charge in [-0.25, -0.2) is 4.39 Å². The lowest BCUT2D eigenvalue weighted by atomic mass is 9.76. The average Bonchev–Trinajstić information content (AvgIpc) is 3.28. The summed E-state index contributed by atoms with van der Waals surface area (Å²) in [5.41, 5.74) is 0.988. The molecule has 1 amide bonds. The fourth-order valence-electron chi connectivity index (χ4n) is 5.35. The second-order valence-electron chi connectivity index (χ2n) is 9.29. The van der Waals surface area contributed by atoms with E-state index in [0.717, 1.165) is 42.8 Å². The van der Waals surface area contributed by atoms with Gasteiger partial charge >= 0.3 is 0 Å². The fraction of sp³-hybridized carbons (Fsp3) is 0.458. The van der Waals surface area contributed by atoms with Crippen LogP contribution in [0.4, 0.5) is 4.39 Å². The van der Waals surface area contributed by atoms with E-state index in [4.69, 9.17) is 27.9 Å². The number of amides is 1. The number of benzene rings is 2. The number of carbonyl (C=O) groups excluding carboxylic acids is 1. The summed E-state index contributed by atoms with van der Waals surface area (Å²) in [6.07, 6.45) is 4.10. The Labute approximate surface area is 202 Å². The van der Waals surface area contributed by atoms with E-state index in [0.29, 0.717) is 12.0 Å². The smallest absolute Gasteiger partial charge is 0.258 e. The summed E-state index contributed by atoms with van der Waals surface area (Å²) < 4.78 is 19.0. The highest BCUT2D eigenvalue weighted by molar-refractivity contribution is 6.30. The summed E-state index contributed by atoms with van der Waals surface area (Å²) in [4.78, 5) is 12.5. The van der Waals surface area contributed by atoms with E-state index in [1.807, 2.05) is 24.3 Å². The van der Waals surface area contributed by atoms with Gasteiger partial charge < -0.3 is 10.1 Å². The van der Waals surface area contributed by atoms with Crippen LogP contribution in [0.3, 0.4) is 0 Å². The van der Waals surface area contributed by atoms with Crippen molar-refractivity contribution in [2.24, 2.45) is 5.92 Å². The summed E-state index contributed by atoms with van der Waals surface area (Å²) in [7, 11) is 0. The van der Waals surface area contributed by atoms with Crippen LogP contribution >= 0.6 is 23.2 Å². The van der Waals surface area contributed by atoms with E-state index < -0.39 is 5.82 Å². The SMILES string of the molecule is O=C(COc1ccc(Cl)c(F)c1)NC12CC(C1)[C@@H](NC1CCNC(c3ccc(Cl)cc3)N1)C2. The molecule has 0 radical (unpaired) electrons. The van der Waals surface area contributed by atoms with Crippen molar-refractivity contribution in [3.05, 3.63) is 63.9 Å². The maximum atomic E-state index is 13.5. The zero-order chi connectivity index (χ0) is 23.0. The zero-order valence-electron chi connectivity index (χ0n) is 18.0. The number of fused-ring (bicyclic) bond motifs is 1. The van der Waals surface area contributed by atoms with Gasteiger partial charge in [0.1, 0.15) is 11.6 Å². The molecular weight excluding hydrogens is 466 g/mol. The molecule has 6 rings (SSSR count). The van der Waals surface area contributed by atoms with Gasteiger partial charge in [0, 0.05) is 22.7 Å². The van der Waals surface area contributed by atoms with E-state index in [1.54, 1.807) is 6.07 Å². The molecule has 1 saturated heterocycles. The van der Waals surface area contributed by atoms with Crippen LogP contribution in [0.2, 0.25) is 10.0 Å². The van der Waals surface area contributed by atoms with Crippen LogP contribution in [0.25, 0.3) is 0 Å². The molecule has 2 aromatic carbocycles. The third-order valence-electron chi connectivity index (χ3n) is 6.92. The summed E-state index contributed by atoms with van der Waals surface area (Å²) in [5, 5.41) is 14.8. The molecule has 3 aliphatic carbocycles. The predicted octanol–water partition coefficient (Wildman–Crippen LogP) is 3.75. The minimum absolute atomic E-state index is 0.0263. The number of rotatable bonds is 7. The largest absolute Gasteiger partial charge is 0.484 e. The average molecular weight is 493 g/mol. The number of carbonyl (C=O) groups is 1. The molecule has 4 fully saturated rings. The van der Waals surface area contributed by atoms with Gasteiger partial charge in [0.15, 0.2) is 6.61 Å². The normalized spacial score (nSPS) is 30.5. The van der Waals surface area contributed by atoms with Gasteiger partial charge in [-0.1, -0.05) is 35.3 Å². The van der Waals surface area contributed by atoms with Crippen molar-refractivity contribution in [2.75, 3.05) is 13.2 Å². The van der Waals surface area contributed by atoms with Gasteiger partial charge in [-0.15, -0.1) is 0 Å². The van der Waals surface area contributed by atoms with E-state index in [1.165, 1.54) is 12.1 Å². The Morgan fingerprint density at radius 3 is 2.70 bits per heavy atom. The van der Waals surface area contributed by atoms with Crippen LogP contribution in [0, 0.1) is 11.7 Å². The quantitative estimate of drug-likeness (QED) is 0.473. The Balaban J connectivity index is 1.10. The molecule has 0 spiro atoms. The van der Waals surface area contributed by atoms with Crippen molar-refractivity contribution in [1.82, 2.24) is 21.3 Å². The first kappa shape index (κ1) is 22.9. The topological polar surface area (TPSA) is 74.4 Å². The van der Waals surface area contributed by atoms with Crippen molar-refractivity contribution in [3.63, 3.8) is 0 Å². The molecule has 1 aliphatic heterocycles. The molecule has 0 aromatic heterocycles. The minimum atomic E-state index is -0.565. The number of halogens is 3. The van der Waals surface area contributed by atoms with Crippen molar-refractivity contribution >= 4 is 29.1 Å². The number of nitrogens with one attached hydrogen (secondary N) is 4. The van der Waals surface area contributed by atoms with E-state index >= 15 is 0 Å². The number of hydrogen-bond donors (Lipinski definition) is 4. The van der Waals surface area contributed by atoms with Crippen LogP contribution in [0.5, 0.6) is 5.75 Å². The number of hydrogen-bond acceptors (Lipinski definition) is 5. The van der Waals surface area contributed by atoms with Crippen LogP contribution in [0.1, 0.15) is 37.4 Å². The molecule has 6 nitrogen and oxygen atoms in total. The monoisotopic (exact) mass is 492 g/mol. The van der Waals surface area contributed by atoms with Crippen LogP contribution < -0.4 is 26.0 Å². The van der Waals surface area contributed by atoms with Gasteiger partial charge in [0.2, 0.25) is 0 Å². The standard InChI is InChI=1S/C24H27Cl2FN4O2/c25-16-3-1-14(2-4-16)23-28-8-7-21(30-23)29-20-12-24(10-15(20)11-24)31-22(32)13-33-17-5-6-18(26)19(27)9-17/h1-6,9,15,20-21,23,28-30H,7-8,10-13H2,(H,31,32)/t15?,20-,21?,23?,24?/m0/s1. The Hall–Kier alpha value is -1.90. The summed E-state index contributed by atoms with van der Waals surface area (Å²) in [6, 6.07) is 12.4. The lowest BCUT2D eigenvalue weighted by Gasteiger charge is -2.39. The first-order valence-corrected chi connectivity index (χ1v) is 12.0. The highest BCUT2D eigenvalue weighted by Crippen LogP contribution is 2.52. The summed E-state index contributed by atoms with van der Waals surface area (Å²) in [6.45, 7) is 0.768. The maximum Gasteiger partial charge on any atom is 0.258 e. The van der Waals surface area contributed by atoms with Crippen molar-refractivity contribution in [2.45, 2.75) is 49.6 Å². The van der Waals surface area contributed by atoms with Crippen molar-refractivity contribution in [1.29, 1.82) is 0 Å². The maximum absolute atomic E-state index is 13.5. The van der Waals surface area contributed by atoms with Crippen LogP contribution in [-0.4, -0.2) is 36.8 Å². The molecule has 1 heterocycles. The molecular formula is C24H27Cl2FN4O2. The van der Waals surface area contributed by atoms with Crippen molar-refractivity contribution < 1.29 is 13.9 Å². The molecule has 4 aliphatic rings. The third kappa shape index (κ3) is 5.12. The molecule has 2 aromatic rings. The Morgan fingerprint density at radius 2 is 1.94 bits per heavy atom. The highest BCUT2D eigenvalue weighted by Gasteiger charge is 2.57. The molecule has 2 unspecified atom stereocenters. The van der Waals surface area contributed by atoms with E-state index in [2.05, 4.69) is 21.3 Å². The Kier molecular flexibility index (Phi) is 6.51. The van der Waals surface area contributed by atoms with Crippen LogP contribution in [-0.2, 0) is 4.79 Å². The minimum Gasteiger partial charge on any atom is -0.484 e. The van der Waals surface area contributed by atoms with E-state index in [9.17, 15) is 9.18 Å². The number of ether oxygens (including phenoxy) is 1. The van der Waals surface area contributed by atoms with Gasteiger partial charge in [0.05, 0.1) is 17.4 Å². The molecule has 33 heavy (non-hydrogen) atoms. The molecule has 2 bridgehead atoms. The van der Waals surface area contributed by atoms with Gasteiger partial charge in [-0.05, 0) is 68.0 Å². The predicted molar refractivity (Wildman–Crippen MR) is 126 cm³/mol. The fourth-order valence-corrected chi connectivity index (χ4v) is 5.60. The molecule has 4 N–H and O–H groups in total. The lowest BCUT2D eigenvalue weighted by molar-refractivity contribution is -0.125. The molecule has 3 atom stereocenters. The zero-order valence-corrected chi connectivity index (χ0v) is 19.6. The van der Waals surface area contributed by atoms with Gasteiger partial charge in [-0.2, -0.15) is 0 Å². The summed E-state index contributed by atoms with van der Waals surface area (Å²) in [5.74, 6) is 0.0910. The molecule has 3 saturated carbocycles. The summed E-state index contributed by atoms with van der Waals surface area (Å²) >= 11 is 11.7. The molecule has 9 heteroatoms. The van der Waals surface area contributed by atoms with Crippen molar-refractivity contribution in [3.8, 4) is 5.75 Å². The molecule has 176 valence electrons. The van der Waals surface area contributed by atoms with E-state index in [-0.39, 0.29) is 41.2 Å². The van der Waals surface area contributed by atoms with Crippen LogP contribution in [0.15, 0.2) is 42.5 Å².